The smallest absolute Gasteiger partial charge is 0.176 e. The predicted molar refractivity (Wildman–Crippen MR) is 85.5 cm³/mol. The molecule has 1 aliphatic carbocycles. The molecule has 0 radical (unpaired) electrons. The Balaban J connectivity index is 1.78. The molecule has 3 rings (SSSR count). The molecule has 1 aliphatic heterocycles. The van der Waals surface area contributed by atoms with Crippen LogP contribution >= 0.6 is 23.5 Å². The van der Waals surface area contributed by atoms with Crippen molar-refractivity contribution < 1.29 is 4.79 Å². The van der Waals surface area contributed by atoms with E-state index in [-0.39, 0.29) is 5.25 Å². The normalized spacial score (nSPS) is 27.8. The fourth-order valence-electron chi connectivity index (χ4n) is 2.77. The Bertz CT molecular complexity index is 468. The molecule has 2 aliphatic rings. The SMILES string of the molecule is CC1SCCSC1C(=O)c1cccc(C2CCC2)c1. The zero-order valence-corrected chi connectivity index (χ0v) is 12.9. The first-order chi connectivity index (χ1) is 9.25. The molecule has 0 aromatic heterocycles. The highest BCUT2D eigenvalue weighted by Crippen LogP contribution is 2.37. The summed E-state index contributed by atoms with van der Waals surface area (Å²) < 4.78 is 0. The third-order valence-corrected chi connectivity index (χ3v) is 7.28. The van der Waals surface area contributed by atoms with E-state index in [1.165, 1.54) is 30.6 Å². The van der Waals surface area contributed by atoms with Crippen LogP contribution in [0, 0.1) is 0 Å². The van der Waals surface area contributed by atoms with E-state index in [1.54, 1.807) is 0 Å². The lowest BCUT2D eigenvalue weighted by Crippen LogP contribution is -2.31. The molecule has 1 aromatic rings. The van der Waals surface area contributed by atoms with Crippen molar-refractivity contribution in [1.82, 2.24) is 0 Å². The molecule has 2 fully saturated rings. The first-order valence-electron chi connectivity index (χ1n) is 7.13. The molecule has 19 heavy (non-hydrogen) atoms. The number of ketones is 1. The van der Waals surface area contributed by atoms with Gasteiger partial charge in [0.05, 0.1) is 5.25 Å². The van der Waals surface area contributed by atoms with Crippen molar-refractivity contribution in [2.24, 2.45) is 0 Å². The number of thioether (sulfide) groups is 2. The van der Waals surface area contributed by atoms with Gasteiger partial charge in [-0.25, -0.2) is 0 Å². The van der Waals surface area contributed by atoms with Gasteiger partial charge < -0.3 is 0 Å². The maximum atomic E-state index is 12.7. The first-order valence-corrected chi connectivity index (χ1v) is 9.23. The largest absolute Gasteiger partial charge is 0.293 e. The van der Waals surface area contributed by atoms with Crippen LogP contribution in [0.5, 0.6) is 0 Å². The predicted octanol–water partition coefficient (Wildman–Crippen LogP) is 4.37. The van der Waals surface area contributed by atoms with Crippen molar-refractivity contribution in [3.8, 4) is 0 Å². The Morgan fingerprint density at radius 3 is 2.68 bits per heavy atom. The topological polar surface area (TPSA) is 17.1 Å². The van der Waals surface area contributed by atoms with E-state index in [1.807, 2.05) is 29.6 Å². The molecule has 2 unspecified atom stereocenters. The van der Waals surface area contributed by atoms with Gasteiger partial charge in [0.15, 0.2) is 5.78 Å². The molecule has 0 N–H and O–H groups in total. The Morgan fingerprint density at radius 1 is 1.21 bits per heavy atom. The molecule has 1 saturated carbocycles. The van der Waals surface area contributed by atoms with Gasteiger partial charge in [-0.15, -0.1) is 11.8 Å². The van der Waals surface area contributed by atoms with Crippen LogP contribution in [0.15, 0.2) is 24.3 Å². The number of benzene rings is 1. The molecule has 1 aromatic carbocycles. The van der Waals surface area contributed by atoms with Crippen LogP contribution < -0.4 is 0 Å². The van der Waals surface area contributed by atoms with Gasteiger partial charge in [0.2, 0.25) is 0 Å². The van der Waals surface area contributed by atoms with Crippen molar-refractivity contribution in [2.75, 3.05) is 11.5 Å². The number of rotatable bonds is 3. The standard InChI is InChI=1S/C16H20OS2/c1-11-16(19-9-8-18-11)15(17)14-7-3-6-13(10-14)12-4-2-5-12/h3,6-7,10-12,16H,2,4-5,8-9H2,1H3. The van der Waals surface area contributed by atoms with Crippen LogP contribution in [0.25, 0.3) is 0 Å². The molecule has 1 heterocycles. The number of Topliss-reactive ketones (excluding diaryl/α,β-unsaturated/α-hetero) is 1. The fourth-order valence-corrected chi connectivity index (χ4v) is 5.50. The summed E-state index contributed by atoms with van der Waals surface area (Å²) in [4.78, 5) is 12.7. The van der Waals surface area contributed by atoms with Gasteiger partial charge in [0, 0.05) is 22.3 Å². The Kier molecular flexibility index (Phi) is 4.23. The van der Waals surface area contributed by atoms with Crippen LogP contribution in [0.1, 0.15) is 48.0 Å². The Morgan fingerprint density at radius 2 is 2.00 bits per heavy atom. The van der Waals surface area contributed by atoms with Crippen LogP contribution in [-0.2, 0) is 0 Å². The van der Waals surface area contributed by atoms with Crippen LogP contribution in [-0.4, -0.2) is 27.8 Å². The lowest BCUT2D eigenvalue weighted by Gasteiger charge is -2.28. The van der Waals surface area contributed by atoms with Crippen molar-refractivity contribution in [2.45, 2.75) is 42.6 Å². The third-order valence-electron chi connectivity index (χ3n) is 4.19. The van der Waals surface area contributed by atoms with Gasteiger partial charge in [0.1, 0.15) is 0 Å². The average molecular weight is 292 g/mol. The summed E-state index contributed by atoms with van der Waals surface area (Å²) in [6.07, 6.45) is 3.93. The van der Waals surface area contributed by atoms with Crippen molar-refractivity contribution in [1.29, 1.82) is 0 Å². The quantitative estimate of drug-likeness (QED) is 0.770. The van der Waals surface area contributed by atoms with E-state index in [9.17, 15) is 4.79 Å². The molecule has 0 spiro atoms. The van der Waals surface area contributed by atoms with Gasteiger partial charge in [-0.1, -0.05) is 31.5 Å². The average Bonchev–Trinajstić information content (AvgIpc) is 2.37. The Hall–Kier alpha value is -0.410. The lowest BCUT2D eigenvalue weighted by atomic mass is 9.79. The molecule has 0 amide bonds. The van der Waals surface area contributed by atoms with Gasteiger partial charge in [-0.05, 0) is 30.4 Å². The highest BCUT2D eigenvalue weighted by atomic mass is 32.2. The summed E-state index contributed by atoms with van der Waals surface area (Å²) in [5.74, 6) is 3.33. The fraction of sp³-hybridized carbons (Fsp3) is 0.562. The summed E-state index contributed by atoms with van der Waals surface area (Å²) in [7, 11) is 0. The number of carbonyl (C=O) groups excluding carboxylic acids is 1. The molecule has 1 saturated heterocycles. The van der Waals surface area contributed by atoms with E-state index in [0.717, 1.165) is 11.3 Å². The Labute approximate surface area is 123 Å². The van der Waals surface area contributed by atoms with Crippen molar-refractivity contribution in [3.63, 3.8) is 0 Å². The first kappa shape index (κ1) is 13.6. The monoisotopic (exact) mass is 292 g/mol. The minimum absolute atomic E-state index is 0.149. The van der Waals surface area contributed by atoms with Crippen molar-refractivity contribution >= 4 is 29.3 Å². The third kappa shape index (κ3) is 2.87. The van der Waals surface area contributed by atoms with Gasteiger partial charge >= 0.3 is 0 Å². The van der Waals surface area contributed by atoms with Gasteiger partial charge in [0.25, 0.3) is 0 Å². The molecule has 2 atom stereocenters. The summed E-state index contributed by atoms with van der Waals surface area (Å²) in [6, 6.07) is 8.40. The second-order valence-corrected chi connectivity index (χ2v) is 8.22. The van der Waals surface area contributed by atoms with E-state index in [0.29, 0.717) is 17.0 Å². The van der Waals surface area contributed by atoms with E-state index >= 15 is 0 Å². The van der Waals surface area contributed by atoms with Gasteiger partial charge in [-0.3, -0.25) is 4.79 Å². The minimum Gasteiger partial charge on any atom is -0.293 e. The van der Waals surface area contributed by atoms with Crippen LogP contribution in [0.3, 0.4) is 0 Å². The van der Waals surface area contributed by atoms with Crippen molar-refractivity contribution in [3.05, 3.63) is 35.4 Å². The number of carbonyl (C=O) groups is 1. The minimum atomic E-state index is 0.149. The number of hydrogen-bond acceptors (Lipinski definition) is 3. The maximum absolute atomic E-state index is 12.7. The summed E-state index contributed by atoms with van der Waals surface area (Å²) in [5.41, 5.74) is 2.30. The molecule has 102 valence electrons. The van der Waals surface area contributed by atoms with E-state index in [4.69, 9.17) is 0 Å². The van der Waals surface area contributed by atoms with E-state index < -0.39 is 0 Å². The molecular formula is C16H20OS2. The zero-order valence-electron chi connectivity index (χ0n) is 11.3. The van der Waals surface area contributed by atoms with Crippen LogP contribution in [0.2, 0.25) is 0 Å². The van der Waals surface area contributed by atoms with Crippen LogP contribution in [0.4, 0.5) is 0 Å². The molecule has 0 bridgehead atoms. The maximum Gasteiger partial charge on any atom is 0.176 e. The highest BCUT2D eigenvalue weighted by Gasteiger charge is 2.30. The summed E-state index contributed by atoms with van der Waals surface area (Å²) in [6.45, 7) is 2.19. The molecule has 3 heteroatoms. The second-order valence-electron chi connectivity index (χ2n) is 5.48. The zero-order chi connectivity index (χ0) is 13.2. The molecule has 1 nitrogen and oxygen atoms in total. The van der Waals surface area contributed by atoms with Gasteiger partial charge in [-0.2, -0.15) is 11.8 Å². The summed E-state index contributed by atoms with van der Waals surface area (Å²) in [5, 5.41) is 0.592. The lowest BCUT2D eigenvalue weighted by molar-refractivity contribution is 0.0989. The number of hydrogen-bond donors (Lipinski definition) is 0. The second kappa shape index (κ2) is 5.92. The van der Waals surface area contributed by atoms with E-state index in [2.05, 4.69) is 25.1 Å². The molecular weight excluding hydrogens is 272 g/mol. The summed E-state index contributed by atoms with van der Waals surface area (Å²) >= 11 is 3.77. The highest BCUT2D eigenvalue weighted by molar-refractivity contribution is 8.07.